The lowest BCUT2D eigenvalue weighted by atomic mass is 9.98. The zero-order valence-corrected chi connectivity index (χ0v) is 11.4. The molecule has 0 radical (unpaired) electrons. The van der Waals surface area contributed by atoms with Crippen molar-refractivity contribution in [3.63, 3.8) is 0 Å². The number of hydrogen-bond acceptors (Lipinski definition) is 3. The van der Waals surface area contributed by atoms with Crippen LogP contribution in [0.1, 0.15) is 18.1 Å². The molecular formula is C16H18N2O2. The van der Waals surface area contributed by atoms with Crippen molar-refractivity contribution in [1.29, 1.82) is 0 Å². The van der Waals surface area contributed by atoms with Crippen LogP contribution in [0.15, 0.2) is 53.7 Å². The minimum absolute atomic E-state index is 0.110. The zero-order chi connectivity index (χ0) is 14.4. The van der Waals surface area contributed by atoms with Gasteiger partial charge in [0.15, 0.2) is 5.84 Å². The number of amidine groups is 1. The summed E-state index contributed by atoms with van der Waals surface area (Å²) in [5.74, 6) is 0.110. The highest BCUT2D eigenvalue weighted by atomic mass is 16.5. The molecule has 0 saturated carbocycles. The van der Waals surface area contributed by atoms with Gasteiger partial charge in [0.25, 0.3) is 0 Å². The molecule has 0 unspecified atom stereocenters. The number of rotatable bonds is 5. The number of nitrogens with two attached hydrogens (primary N) is 1. The quantitative estimate of drug-likeness (QED) is 0.380. The Kier molecular flexibility index (Phi) is 4.74. The summed E-state index contributed by atoms with van der Waals surface area (Å²) >= 11 is 0. The van der Waals surface area contributed by atoms with Crippen LogP contribution in [-0.4, -0.2) is 17.6 Å². The van der Waals surface area contributed by atoms with E-state index in [1.54, 1.807) is 0 Å². The molecule has 0 aliphatic carbocycles. The molecule has 0 heterocycles. The number of benzene rings is 2. The first-order valence-electron chi connectivity index (χ1n) is 6.50. The van der Waals surface area contributed by atoms with E-state index in [1.165, 1.54) is 0 Å². The molecule has 0 aliphatic rings. The average Bonchev–Trinajstić information content (AvgIpc) is 2.52. The third-order valence-corrected chi connectivity index (χ3v) is 3.05. The number of oxime groups is 1. The van der Waals surface area contributed by atoms with Crippen molar-refractivity contribution in [2.24, 2.45) is 10.9 Å². The van der Waals surface area contributed by atoms with Gasteiger partial charge in [-0.2, -0.15) is 0 Å². The lowest BCUT2D eigenvalue weighted by Gasteiger charge is -2.09. The zero-order valence-electron chi connectivity index (χ0n) is 11.4. The molecule has 2 aromatic rings. The Hall–Kier alpha value is -2.33. The summed E-state index contributed by atoms with van der Waals surface area (Å²) in [5.41, 5.74) is 9.50. The Bertz CT molecular complexity index is 592. The van der Waals surface area contributed by atoms with Crippen molar-refractivity contribution in [3.8, 4) is 11.1 Å². The van der Waals surface area contributed by atoms with Gasteiger partial charge in [-0.1, -0.05) is 53.7 Å². The fourth-order valence-electron chi connectivity index (χ4n) is 2.01. The monoisotopic (exact) mass is 270 g/mol. The van der Waals surface area contributed by atoms with E-state index < -0.39 is 0 Å². The van der Waals surface area contributed by atoms with Crippen LogP contribution in [0.5, 0.6) is 0 Å². The van der Waals surface area contributed by atoms with Gasteiger partial charge in [0, 0.05) is 12.2 Å². The second-order valence-electron chi connectivity index (χ2n) is 4.36. The first kappa shape index (κ1) is 14.1. The van der Waals surface area contributed by atoms with Crippen molar-refractivity contribution < 1.29 is 9.94 Å². The molecule has 104 valence electrons. The largest absolute Gasteiger partial charge is 0.409 e. The van der Waals surface area contributed by atoms with Crippen molar-refractivity contribution >= 4 is 5.84 Å². The van der Waals surface area contributed by atoms with Crippen LogP contribution < -0.4 is 5.73 Å². The molecular weight excluding hydrogens is 252 g/mol. The van der Waals surface area contributed by atoms with Gasteiger partial charge < -0.3 is 15.7 Å². The molecule has 3 N–H and O–H groups in total. The summed E-state index contributed by atoms with van der Waals surface area (Å²) < 4.78 is 5.37. The molecule has 0 saturated heterocycles. The Balaban J connectivity index is 2.32. The predicted octanol–water partition coefficient (Wildman–Crippen LogP) is 2.98. The molecule has 2 aromatic carbocycles. The van der Waals surface area contributed by atoms with Gasteiger partial charge in [0.05, 0.1) is 6.61 Å². The highest BCUT2D eigenvalue weighted by Crippen LogP contribution is 2.24. The maximum atomic E-state index is 8.85. The van der Waals surface area contributed by atoms with Crippen LogP contribution in [0.3, 0.4) is 0 Å². The van der Waals surface area contributed by atoms with Gasteiger partial charge in [-0.25, -0.2) is 0 Å². The molecule has 0 bridgehead atoms. The summed E-state index contributed by atoms with van der Waals surface area (Å²) in [6, 6.07) is 15.6. The van der Waals surface area contributed by atoms with E-state index in [1.807, 2.05) is 55.5 Å². The van der Waals surface area contributed by atoms with Crippen LogP contribution in [0.25, 0.3) is 11.1 Å². The average molecular weight is 270 g/mol. The first-order valence-corrected chi connectivity index (χ1v) is 6.50. The fourth-order valence-corrected chi connectivity index (χ4v) is 2.01. The first-order chi connectivity index (χ1) is 9.76. The van der Waals surface area contributed by atoms with E-state index in [9.17, 15) is 0 Å². The lowest BCUT2D eigenvalue weighted by molar-refractivity contribution is 0.134. The number of nitrogens with zero attached hydrogens (tertiary/aromatic N) is 1. The van der Waals surface area contributed by atoms with Gasteiger partial charge in [-0.15, -0.1) is 0 Å². The Morgan fingerprint density at radius 1 is 1.15 bits per heavy atom. The Morgan fingerprint density at radius 2 is 1.85 bits per heavy atom. The Labute approximate surface area is 118 Å². The third kappa shape index (κ3) is 3.16. The SMILES string of the molecule is CCOCc1ccc(-c2ccccc2/C(N)=N/O)cc1. The number of hydrogen-bond donors (Lipinski definition) is 2. The van der Waals surface area contributed by atoms with E-state index in [-0.39, 0.29) is 5.84 Å². The number of ether oxygens (including phenoxy) is 1. The molecule has 4 heteroatoms. The molecule has 0 fully saturated rings. The van der Waals surface area contributed by atoms with Gasteiger partial charge in [-0.3, -0.25) is 0 Å². The van der Waals surface area contributed by atoms with Gasteiger partial charge in [0.1, 0.15) is 0 Å². The second kappa shape index (κ2) is 6.73. The van der Waals surface area contributed by atoms with Crippen molar-refractivity contribution in [2.45, 2.75) is 13.5 Å². The van der Waals surface area contributed by atoms with E-state index in [0.29, 0.717) is 18.8 Å². The summed E-state index contributed by atoms with van der Waals surface area (Å²) in [6.45, 7) is 3.29. The topological polar surface area (TPSA) is 67.8 Å². The van der Waals surface area contributed by atoms with Crippen LogP contribution in [0.4, 0.5) is 0 Å². The second-order valence-corrected chi connectivity index (χ2v) is 4.36. The summed E-state index contributed by atoms with van der Waals surface area (Å²) in [4.78, 5) is 0. The van der Waals surface area contributed by atoms with Crippen molar-refractivity contribution in [3.05, 3.63) is 59.7 Å². The highest BCUT2D eigenvalue weighted by Gasteiger charge is 2.08. The van der Waals surface area contributed by atoms with Crippen LogP contribution in [0, 0.1) is 0 Å². The van der Waals surface area contributed by atoms with Crippen LogP contribution >= 0.6 is 0 Å². The highest BCUT2D eigenvalue weighted by molar-refractivity contribution is 6.03. The minimum atomic E-state index is 0.110. The van der Waals surface area contributed by atoms with Crippen molar-refractivity contribution in [2.75, 3.05) is 6.61 Å². The van der Waals surface area contributed by atoms with Gasteiger partial charge in [0.2, 0.25) is 0 Å². The molecule has 2 rings (SSSR count). The lowest BCUT2D eigenvalue weighted by Crippen LogP contribution is -2.14. The van der Waals surface area contributed by atoms with Crippen molar-refractivity contribution in [1.82, 2.24) is 0 Å². The van der Waals surface area contributed by atoms with E-state index in [4.69, 9.17) is 15.7 Å². The molecule has 4 nitrogen and oxygen atoms in total. The van der Waals surface area contributed by atoms with Crippen LogP contribution in [0.2, 0.25) is 0 Å². The predicted molar refractivity (Wildman–Crippen MR) is 79.7 cm³/mol. The molecule has 0 amide bonds. The summed E-state index contributed by atoms with van der Waals surface area (Å²) in [6.07, 6.45) is 0. The smallest absolute Gasteiger partial charge is 0.170 e. The summed E-state index contributed by atoms with van der Waals surface area (Å²) in [5, 5.41) is 11.9. The minimum Gasteiger partial charge on any atom is -0.409 e. The maximum Gasteiger partial charge on any atom is 0.170 e. The van der Waals surface area contributed by atoms with Gasteiger partial charge in [-0.05, 0) is 23.6 Å². The molecule has 0 aromatic heterocycles. The maximum absolute atomic E-state index is 8.85. The third-order valence-electron chi connectivity index (χ3n) is 3.05. The van der Waals surface area contributed by atoms with Crippen LogP contribution in [-0.2, 0) is 11.3 Å². The molecule has 20 heavy (non-hydrogen) atoms. The Morgan fingerprint density at radius 3 is 2.50 bits per heavy atom. The normalized spacial score (nSPS) is 11.6. The van der Waals surface area contributed by atoms with E-state index >= 15 is 0 Å². The molecule has 0 spiro atoms. The standard InChI is InChI=1S/C16H18N2O2/c1-2-20-11-12-7-9-13(10-8-12)14-5-3-4-6-15(14)16(17)18-19/h3-10,19H,2,11H2,1H3,(H2,17,18). The fraction of sp³-hybridized carbons (Fsp3) is 0.188. The van der Waals surface area contributed by atoms with Gasteiger partial charge >= 0.3 is 0 Å². The molecule has 0 aliphatic heterocycles. The van der Waals surface area contributed by atoms with E-state index in [2.05, 4.69) is 5.16 Å². The molecule has 0 atom stereocenters. The van der Waals surface area contributed by atoms with E-state index in [0.717, 1.165) is 16.7 Å². The summed E-state index contributed by atoms with van der Waals surface area (Å²) in [7, 11) is 0.